The van der Waals surface area contributed by atoms with Crippen LogP contribution in [0.15, 0.2) is 28.8 Å². The van der Waals surface area contributed by atoms with E-state index in [-0.39, 0.29) is 6.04 Å². The average molecular weight is 271 g/mol. The number of aromatic amines is 1. The van der Waals surface area contributed by atoms with Gasteiger partial charge in [-0.15, -0.1) is 0 Å². The summed E-state index contributed by atoms with van der Waals surface area (Å²) in [5.41, 5.74) is 7.67. The Hall–Kier alpha value is -2.21. The minimum atomic E-state index is 0.140. The van der Waals surface area contributed by atoms with Crippen LogP contribution >= 0.6 is 0 Å². The number of fused-ring (bicyclic) bond motifs is 1. The lowest BCUT2D eigenvalue weighted by atomic mass is 10.2. The monoisotopic (exact) mass is 271 g/mol. The standard InChI is InChI=1S/C14H17N5O/c1-9(15)6-7-14-18-13(19-20-14)8-12-16-10-4-2-3-5-11(10)17-12/h2-5,9H,6-8,15H2,1H3,(H,16,17). The van der Waals surface area contributed by atoms with Crippen molar-refractivity contribution in [1.29, 1.82) is 0 Å². The van der Waals surface area contributed by atoms with Crippen LogP contribution in [-0.4, -0.2) is 26.2 Å². The number of hydrogen-bond donors (Lipinski definition) is 2. The smallest absolute Gasteiger partial charge is 0.226 e. The summed E-state index contributed by atoms with van der Waals surface area (Å²) in [5, 5.41) is 3.97. The Kier molecular flexibility index (Phi) is 3.47. The molecule has 2 heterocycles. The molecule has 0 spiro atoms. The van der Waals surface area contributed by atoms with Crippen LogP contribution in [0, 0.1) is 0 Å². The second kappa shape index (κ2) is 5.42. The lowest BCUT2D eigenvalue weighted by molar-refractivity contribution is 0.368. The molecule has 6 nitrogen and oxygen atoms in total. The van der Waals surface area contributed by atoms with Crippen LogP contribution in [-0.2, 0) is 12.8 Å². The second-order valence-corrected chi connectivity index (χ2v) is 5.00. The fraction of sp³-hybridized carbons (Fsp3) is 0.357. The van der Waals surface area contributed by atoms with Crippen molar-refractivity contribution in [3.05, 3.63) is 41.8 Å². The molecule has 0 amide bonds. The van der Waals surface area contributed by atoms with Gasteiger partial charge in [0.2, 0.25) is 5.89 Å². The third-order valence-electron chi connectivity index (χ3n) is 3.09. The van der Waals surface area contributed by atoms with E-state index in [1.54, 1.807) is 0 Å². The molecule has 1 atom stereocenters. The molecule has 3 aromatic rings. The van der Waals surface area contributed by atoms with Gasteiger partial charge in [-0.2, -0.15) is 4.98 Å². The fourth-order valence-corrected chi connectivity index (χ4v) is 2.05. The Bertz CT molecular complexity index is 667. The van der Waals surface area contributed by atoms with Crippen LogP contribution in [0.25, 0.3) is 11.0 Å². The number of nitrogens with zero attached hydrogens (tertiary/aromatic N) is 3. The lowest BCUT2D eigenvalue weighted by Gasteiger charge is -1.99. The average Bonchev–Trinajstić information content (AvgIpc) is 3.02. The van der Waals surface area contributed by atoms with Gasteiger partial charge in [0.1, 0.15) is 5.82 Å². The van der Waals surface area contributed by atoms with E-state index >= 15 is 0 Å². The summed E-state index contributed by atoms with van der Waals surface area (Å²) in [5.74, 6) is 2.11. The number of nitrogens with one attached hydrogen (secondary N) is 1. The van der Waals surface area contributed by atoms with Crippen molar-refractivity contribution in [2.45, 2.75) is 32.2 Å². The first-order chi connectivity index (χ1) is 9.70. The van der Waals surface area contributed by atoms with Crippen molar-refractivity contribution in [3.63, 3.8) is 0 Å². The molecule has 2 aromatic heterocycles. The van der Waals surface area contributed by atoms with Crippen LogP contribution in [0.4, 0.5) is 0 Å². The zero-order chi connectivity index (χ0) is 13.9. The number of hydrogen-bond acceptors (Lipinski definition) is 5. The third-order valence-corrected chi connectivity index (χ3v) is 3.09. The number of benzene rings is 1. The number of nitrogens with two attached hydrogens (primary N) is 1. The molecule has 0 aliphatic carbocycles. The van der Waals surface area contributed by atoms with Crippen molar-refractivity contribution < 1.29 is 4.52 Å². The Morgan fingerprint density at radius 2 is 2.15 bits per heavy atom. The van der Waals surface area contributed by atoms with E-state index < -0.39 is 0 Å². The molecule has 3 rings (SSSR count). The fourth-order valence-electron chi connectivity index (χ4n) is 2.05. The molecule has 0 saturated heterocycles. The molecule has 6 heteroatoms. The Morgan fingerprint density at radius 1 is 1.30 bits per heavy atom. The summed E-state index contributed by atoms with van der Waals surface area (Å²) >= 11 is 0. The summed E-state index contributed by atoms with van der Waals surface area (Å²) < 4.78 is 5.20. The number of aryl methyl sites for hydroxylation is 1. The Labute approximate surface area is 116 Å². The quantitative estimate of drug-likeness (QED) is 0.738. The largest absolute Gasteiger partial charge is 0.342 e. The molecular formula is C14H17N5O. The molecule has 0 aliphatic rings. The van der Waals surface area contributed by atoms with Gasteiger partial charge in [-0.1, -0.05) is 17.3 Å². The van der Waals surface area contributed by atoms with Gasteiger partial charge in [-0.25, -0.2) is 4.98 Å². The summed E-state index contributed by atoms with van der Waals surface area (Å²) in [7, 11) is 0. The zero-order valence-corrected chi connectivity index (χ0v) is 11.3. The van der Waals surface area contributed by atoms with E-state index in [2.05, 4.69) is 20.1 Å². The van der Waals surface area contributed by atoms with Gasteiger partial charge in [0.25, 0.3) is 0 Å². The highest BCUT2D eigenvalue weighted by molar-refractivity contribution is 5.74. The van der Waals surface area contributed by atoms with E-state index in [0.29, 0.717) is 24.6 Å². The Balaban J connectivity index is 1.71. The number of rotatable bonds is 5. The van der Waals surface area contributed by atoms with Crippen molar-refractivity contribution >= 4 is 11.0 Å². The lowest BCUT2D eigenvalue weighted by Crippen LogP contribution is -2.15. The summed E-state index contributed by atoms with van der Waals surface area (Å²) in [4.78, 5) is 12.1. The summed E-state index contributed by atoms with van der Waals surface area (Å²) in [6, 6.07) is 8.05. The SMILES string of the molecule is CC(N)CCc1nc(Cc2nc3ccccc3[nH]2)no1. The van der Waals surface area contributed by atoms with E-state index in [4.69, 9.17) is 10.3 Å². The van der Waals surface area contributed by atoms with Gasteiger partial charge in [-0.05, 0) is 25.5 Å². The van der Waals surface area contributed by atoms with E-state index in [9.17, 15) is 0 Å². The first kappa shape index (κ1) is 12.8. The highest BCUT2D eigenvalue weighted by atomic mass is 16.5. The van der Waals surface area contributed by atoms with Gasteiger partial charge in [0.05, 0.1) is 17.5 Å². The predicted octanol–water partition coefficient (Wildman–Crippen LogP) is 1.82. The third kappa shape index (κ3) is 2.85. The molecule has 1 unspecified atom stereocenters. The van der Waals surface area contributed by atoms with Crippen LogP contribution in [0.1, 0.15) is 30.9 Å². The highest BCUT2D eigenvalue weighted by Gasteiger charge is 2.10. The molecule has 20 heavy (non-hydrogen) atoms. The first-order valence-electron chi connectivity index (χ1n) is 6.71. The van der Waals surface area contributed by atoms with Crippen molar-refractivity contribution in [3.8, 4) is 0 Å². The van der Waals surface area contributed by atoms with Gasteiger partial charge >= 0.3 is 0 Å². The van der Waals surface area contributed by atoms with Crippen molar-refractivity contribution in [2.75, 3.05) is 0 Å². The highest BCUT2D eigenvalue weighted by Crippen LogP contribution is 2.12. The maximum absolute atomic E-state index is 5.71. The van der Waals surface area contributed by atoms with Crippen LogP contribution in [0.2, 0.25) is 0 Å². The van der Waals surface area contributed by atoms with Gasteiger partial charge in [0.15, 0.2) is 5.82 Å². The maximum atomic E-state index is 5.71. The zero-order valence-electron chi connectivity index (χ0n) is 11.3. The van der Waals surface area contributed by atoms with Crippen LogP contribution in [0.3, 0.4) is 0 Å². The minimum absolute atomic E-state index is 0.140. The van der Waals surface area contributed by atoms with Crippen LogP contribution in [0.5, 0.6) is 0 Å². The molecule has 1 aromatic carbocycles. The number of aromatic nitrogens is 4. The van der Waals surface area contributed by atoms with Crippen molar-refractivity contribution in [1.82, 2.24) is 20.1 Å². The molecule has 104 valence electrons. The van der Waals surface area contributed by atoms with E-state index in [1.165, 1.54) is 0 Å². The maximum Gasteiger partial charge on any atom is 0.226 e. The molecular weight excluding hydrogens is 254 g/mol. The number of H-pyrrole nitrogens is 1. The normalized spacial score (nSPS) is 12.9. The van der Waals surface area contributed by atoms with Gasteiger partial charge < -0.3 is 15.2 Å². The first-order valence-corrected chi connectivity index (χ1v) is 6.71. The van der Waals surface area contributed by atoms with E-state index in [1.807, 2.05) is 31.2 Å². The molecule has 3 N–H and O–H groups in total. The number of para-hydroxylation sites is 2. The molecule has 0 radical (unpaired) electrons. The molecule has 0 saturated carbocycles. The van der Waals surface area contributed by atoms with Crippen molar-refractivity contribution in [2.24, 2.45) is 5.73 Å². The number of imidazole rings is 1. The summed E-state index contributed by atoms with van der Waals surface area (Å²) in [6.45, 7) is 1.96. The van der Waals surface area contributed by atoms with Gasteiger partial charge in [0, 0.05) is 12.5 Å². The minimum Gasteiger partial charge on any atom is -0.342 e. The molecule has 0 fully saturated rings. The second-order valence-electron chi connectivity index (χ2n) is 5.00. The van der Waals surface area contributed by atoms with E-state index in [0.717, 1.165) is 23.3 Å². The van der Waals surface area contributed by atoms with Gasteiger partial charge in [-0.3, -0.25) is 0 Å². The molecule has 0 aliphatic heterocycles. The summed E-state index contributed by atoms with van der Waals surface area (Å²) in [6.07, 6.45) is 2.09. The predicted molar refractivity (Wildman–Crippen MR) is 75.2 cm³/mol. The molecule has 0 bridgehead atoms. The topological polar surface area (TPSA) is 93.6 Å². The van der Waals surface area contributed by atoms with Crippen LogP contribution < -0.4 is 5.73 Å². The Morgan fingerprint density at radius 3 is 2.95 bits per heavy atom.